The first-order valence-corrected chi connectivity index (χ1v) is 7.54. The third-order valence-electron chi connectivity index (χ3n) is 3.11. The van der Waals surface area contributed by atoms with E-state index in [2.05, 4.69) is 4.98 Å². The summed E-state index contributed by atoms with van der Waals surface area (Å²) >= 11 is 11.1. The number of amides is 1. The van der Waals surface area contributed by atoms with Gasteiger partial charge in [0.1, 0.15) is 11.6 Å². The van der Waals surface area contributed by atoms with Gasteiger partial charge in [0, 0.05) is 12.4 Å². The van der Waals surface area contributed by atoms with Crippen molar-refractivity contribution in [1.29, 1.82) is 0 Å². The molecule has 0 aliphatic heterocycles. The molecule has 2 aromatic heterocycles. The molecule has 0 radical (unpaired) electrons. The van der Waals surface area contributed by atoms with Gasteiger partial charge in [-0.3, -0.25) is 9.59 Å². The summed E-state index contributed by atoms with van der Waals surface area (Å²) in [6.07, 6.45) is -8.72. The van der Waals surface area contributed by atoms with E-state index in [0.717, 1.165) is 0 Å². The first-order valence-electron chi connectivity index (χ1n) is 6.79. The third kappa shape index (κ3) is 5.13. The molecule has 0 atom stereocenters. The molecule has 0 fully saturated rings. The van der Waals surface area contributed by atoms with E-state index in [1.54, 1.807) is 0 Å². The van der Waals surface area contributed by atoms with E-state index >= 15 is 0 Å². The van der Waals surface area contributed by atoms with Gasteiger partial charge in [0.2, 0.25) is 5.91 Å². The zero-order valence-electron chi connectivity index (χ0n) is 12.8. The number of nitrogens with zero attached hydrogens (tertiary/aromatic N) is 2. The molecule has 1 N–H and O–H groups in total. The SMILES string of the molecule is O=C(Cn1cc(C(F)(F)F)cc(Cl)c1=O)Nc1ncc(C(F)(F)F)cc1Cl. The molecule has 0 aliphatic rings. The topological polar surface area (TPSA) is 64.0 Å². The predicted octanol–water partition coefficient (Wildman–Crippen LogP) is 4.23. The van der Waals surface area contributed by atoms with Crippen LogP contribution in [0.2, 0.25) is 10.0 Å². The van der Waals surface area contributed by atoms with Gasteiger partial charge in [0.25, 0.3) is 5.56 Å². The van der Waals surface area contributed by atoms with Crippen LogP contribution >= 0.6 is 23.2 Å². The minimum absolute atomic E-state index is 0.385. The number of alkyl halides is 6. The van der Waals surface area contributed by atoms with Crippen molar-refractivity contribution in [3.05, 3.63) is 56.1 Å². The van der Waals surface area contributed by atoms with Gasteiger partial charge in [-0.15, -0.1) is 0 Å². The summed E-state index contributed by atoms with van der Waals surface area (Å²) in [5.41, 5.74) is -3.48. The summed E-state index contributed by atoms with van der Waals surface area (Å²) < 4.78 is 76.3. The van der Waals surface area contributed by atoms with Gasteiger partial charge in [0.15, 0.2) is 5.82 Å². The number of hydrogen-bond donors (Lipinski definition) is 1. The Morgan fingerprint density at radius 3 is 2.11 bits per heavy atom. The lowest BCUT2D eigenvalue weighted by Gasteiger charge is -2.13. The molecule has 0 saturated heterocycles. The largest absolute Gasteiger partial charge is 0.417 e. The molecule has 5 nitrogen and oxygen atoms in total. The van der Waals surface area contributed by atoms with Gasteiger partial charge in [-0.1, -0.05) is 23.2 Å². The fourth-order valence-corrected chi connectivity index (χ4v) is 2.32. The Balaban J connectivity index is 2.24. The van der Waals surface area contributed by atoms with Gasteiger partial charge in [-0.05, 0) is 12.1 Å². The van der Waals surface area contributed by atoms with Crippen LogP contribution in [0.1, 0.15) is 11.1 Å². The first kappa shape index (κ1) is 21.0. The summed E-state index contributed by atoms with van der Waals surface area (Å²) in [4.78, 5) is 27.0. The Labute approximate surface area is 156 Å². The highest BCUT2D eigenvalue weighted by Gasteiger charge is 2.33. The van der Waals surface area contributed by atoms with E-state index in [1.807, 2.05) is 5.32 Å². The monoisotopic (exact) mass is 433 g/mol. The Hall–Kier alpha value is -2.27. The quantitative estimate of drug-likeness (QED) is 0.736. The van der Waals surface area contributed by atoms with Crippen LogP contribution in [-0.4, -0.2) is 15.5 Å². The molecule has 0 bridgehead atoms. The number of aromatic nitrogens is 2. The van der Waals surface area contributed by atoms with Crippen molar-refractivity contribution in [3.63, 3.8) is 0 Å². The van der Waals surface area contributed by atoms with E-state index in [-0.39, 0.29) is 0 Å². The summed E-state index contributed by atoms with van der Waals surface area (Å²) in [5, 5.41) is 0.699. The maximum Gasteiger partial charge on any atom is 0.417 e. The Bertz CT molecular complexity index is 940. The third-order valence-corrected chi connectivity index (χ3v) is 3.67. The summed E-state index contributed by atoms with van der Waals surface area (Å²) in [6, 6.07) is 0.921. The number of anilines is 1. The predicted molar refractivity (Wildman–Crippen MR) is 83.6 cm³/mol. The van der Waals surface area contributed by atoms with Crippen LogP contribution in [0.15, 0.2) is 29.3 Å². The highest BCUT2D eigenvalue weighted by Crippen LogP contribution is 2.32. The average Bonchev–Trinajstić information content (AvgIpc) is 2.51. The number of carbonyl (C=O) groups excluding carboxylic acids is 1. The van der Waals surface area contributed by atoms with Gasteiger partial charge in [-0.2, -0.15) is 26.3 Å². The second kappa shape index (κ2) is 7.39. The van der Waals surface area contributed by atoms with Crippen LogP contribution in [0.4, 0.5) is 32.2 Å². The molecule has 2 rings (SSSR count). The van der Waals surface area contributed by atoms with Crippen LogP contribution in [-0.2, 0) is 23.7 Å². The van der Waals surface area contributed by atoms with Crippen LogP contribution in [0.3, 0.4) is 0 Å². The molecule has 0 unspecified atom stereocenters. The van der Waals surface area contributed by atoms with Crippen molar-refractivity contribution >= 4 is 34.9 Å². The molecule has 0 spiro atoms. The van der Waals surface area contributed by atoms with Gasteiger partial charge in [0.05, 0.1) is 16.1 Å². The lowest BCUT2D eigenvalue weighted by atomic mass is 10.2. The first-order chi connectivity index (χ1) is 12.3. The summed E-state index contributed by atoms with van der Waals surface area (Å²) in [7, 11) is 0. The van der Waals surface area contributed by atoms with E-state index in [0.29, 0.717) is 29.1 Å². The molecule has 0 aliphatic carbocycles. The fraction of sp³-hybridized carbons (Fsp3) is 0.214. The van der Waals surface area contributed by atoms with Crippen molar-refractivity contribution in [1.82, 2.24) is 9.55 Å². The highest BCUT2D eigenvalue weighted by molar-refractivity contribution is 6.33. The van der Waals surface area contributed by atoms with E-state index < -0.39 is 57.4 Å². The lowest BCUT2D eigenvalue weighted by Crippen LogP contribution is -2.29. The molecule has 13 heteroatoms. The number of carbonyl (C=O) groups is 1. The van der Waals surface area contributed by atoms with Gasteiger partial charge < -0.3 is 9.88 Å². The minimum Gasteiger partial charge on any atom is -0.308 e. The smallest absolute Gasteiger partial charge is 0.308 e. The molecule has 0 aromatic carbocycles. The van der Waals surface area contributed by atoms with Crippen LogP contribution < -0.4 is 10.9 Å². The molecule has 27 heavy (non-hydrogen) atoms. The summed E-state index contributed by atoms with van der Waals surface area (Å²) in [6.45, 7) is -0.901. The minimum atomic E-state index is -4.81. The number of nitrogens with one attached hydrogen (secondary N) is 1. The number of hydrogen-bond acceptors (Lipinski definition) is 3. The second-order valence-corrected chi connectivity index (χ2v) is 5.92. The van der Waals surface area contributed by atoms with Gasteiger partial charge in [-0.25, -0.2) is 4.98 Å². The van der Waals surface area contributed by atoms with Gasteiger partial charge >= 0.3 is 12.4 Å². The van der Waals surface area contributed by atoms with E-state index in [4.69, 9.17) is 23.2 Å². The lowest BCUT2D eigenvalue weighted by molar-refractivity contribution is -0.138. The maximum absolute atomic E-state index is 12.8. The standard InChI is InChI=1S/C14H7Cl2F6N3O2/c15-8-1-6(13(17,18)19)3-23-11(8)24-10(26)5-25-4-7(14(20,21)22)2-9(16)12(25)27/h1-4H,5H2,(H,23,24,26). The summed E-state index contributed by atoms with van der Waals surface area (Å²) in [5.74, 6) is -1.51. The molecular formula is C14H7Cl2F6N3O2. The Morgan fingerprint density at radius 1 is 1.04 bits per heavy atom. The van der Waals surface area contributed by atoms with Crippen LogP contribution in [0.5, 0.6) is 0 Å². The number of pyridine rings is 2. The van der Waals surface area contributed by atoms with Crippen LogP contribution in [0, 0.1) is 0 Å². The fourth-order valence-electron chi connectivity index (χ4n) is 1.88. The molecule has 1 amide bonds. The molecule has 146 valence electrons. The number of halogens is 8. The number of rotatable bonds is 3. The Kier molecular flexibility index (Phi) is 5.76. The van der Waals surface area contributed by atoms with Crippen LogP contribution in [0.25, 0.3) is 0 Å². The van der Waals surface area contributed by atoms with E-state index in [1.165, 1.54) is 0 Å². The highest BCUT2D eigenvalue weighted by atomic mass is 35.5. The Morgan fingerprint density at radius 2 is 1.59 bits per heavy atom. The van der Waals surface area contributed by atoms with Crippen molar-refractivity contribution < 1.29 is 31.1 Å². The maximum atomic E-state index is 12.8. The average molecular weight is 434 g/mol. The zero-order chi connectivity index (χ0) is 20.6. The second-order valence-electron chi connectivity index (χ2n) is 5.11. The molecule has 0 saturated carbocycles. The molecule has 2 aromatic rings. The normalized spacial score (nSPS) is 12.1. The van der Waals surface area contributed by atoms with E-state index in [9.17, 15) is 35.9 Å². The van der Waals surface area contributed by atoms with Crippen molar-refractivity contribution in [2.75, 3.05) is 5.32 Å². The molecule has 2 heterocycles. The van der Waals surface area contributed by atoms with Crippen molar-refractivity contribution in [2.45, 2.75) is 18.9 Å². The molecular weight excluding hydrogens is 427 g/mol. The zero-order valence-corrected chi connectivity index (χ0v) is 14.3. The van der Waals surface area contributed by atoms with Crippen molar-refractivity contribution in [2.24, 2.45) is 0 Å². The van der Waals surface area contributed by atoms with Crippen molar-refractivity contribution in [3.8, 4) is 0 Å².